The minimum atomic E-state index is -1.29. The molecule has 1 rings (SSSR count). The van der Waals surface area contributed by atoms with E-state index in [2.05, 4.69) is 0 Å². The molecule has 0 amide bonds. The molecule has 0 unspecified atom stereocenters. The predicted molar refractivity (Wildman–Crippen MR) is 70.3 cm³/mol. The van der Waals surface area contributed by atoms with Gasteiger partial charge in [0.15, 0.2) is 0 Å². The lowest BCUT2D eigenvalue weighted by atomic mass is 9.96. The fraction of sp³-hybridized carbons (Fsp3) is 0.286. The van der Waals surface area contributed by atoms with E-state index in [1.165, 1.54) is 13.2 Å². The van der Waals surface area contributed by atoms with Gasteiger partial charge in [-0.05, 0) is 29.2 Å². The second-order valence-corrected chi connectivity index (χ2v) is 4.31. The summed E-state index contributed by atoms with van der Waals surface area (Å²) in [5.41, 5.74) is 0.925. The van der Waals surface area contributed by atoms with Crippen LogP contribution in [0.15, 0.2) is 24.3 Å². The summed E-state index contributed by atoms with van der Waals surface area (Å²) in [7, 11) is 1.53. The number of aliphatic carboxylic acids is 2. The quantitative estimate of drug-likeness (QED) is 0.798. The van der Waals surface area contributed by atoms with E-state index in [1.54, 1.807) is 12.1 Å². The van der Waals surface area contributed by atoms with E-state index < -0.39 is 11.9 Å². The summed E-state index contributed by atoms with van der Waals surface area (Å²) in [6, 6.07) is 4.82. The summed E-state index contributed by atoms with van der Waals surface area (Å²) in [6.45, 7) is 3.89. The normalized spacial score (nSPS) is 11.5. The predicted octanol–water partition coefficient (Wildman–Crippen LogP) is 2.37. The standard InChI is InChI=1S/C14H16O5/c1-8(2)10-6-9(4-5-12(10)19-3)11(14(17)18)7-13(15)16/h4-8H,1-3H3,(H,15,16)(H,17,18)/b11-7-. The molecule has 5 nitrogen and oxygen atoms in total. The van der Waals surface area contributed by atoms with E-state index in [0.29, 0.717) is 17.4 Å². The number of methoxy groups -OCH3 is 1. The molecule has 0 bridgehead atoms. The van der Waals surface area contributed by atoms with Gasteiger partial charge in [0, 0.05) is 6.08 Å². The van der Waals surface area contributed by atoms with Gasteiger partial charge >= 0.3 is 11.9 Å². The Bertz CT molecular complexity index is 529. The van der Waals surface area contributed by atoms with Gasteiger partial charge in [0.1, 0.15) is 5.75 Å². The molecule has 0 radical (unpaired) electrons. The second kappa shape index (κ2) is 6.04. The van der Waals surface area contributed by atoms with Crippen molar-refractivity contribution in [3.63, 3.8) is 0 Å². The first-order chi connectivity index (χ1) is 8.86. The molecule has 0 aliphatic rings. The van der Waals surface area contributed by atoms with E-state index in [0.717, 1.165) is 5.56 Å². The highest BCUT2D eigenvalue weighted by Gasteiger charge is 2.16. The molecule has 1 aromatic carbocycles. The van der Waals surface area contributed by atoms with Crippen molar-refractivity contribution >= 4 is 17.5 Å². The van der Waals surface area contributed by atoms with Crippen molar-refractivity contribution in [1.82, 2.24) is 0 Å². The van der Waals surface area contributed by atoms with E-state index in [9.17, 15) is 9.59 Å². The van der Waals surface area contributed by atoms with Crippen LogP contribution in [0.4, 0.5) is 0 Å². The summed E-state index contributed by atoms with van der Waals surface area (Å²) in [4.78, 5) is 21.8. The SMILES string of the molecule is COc1ccc(/C(=C/C(=O)O)C(=O)O)cc1C(C)C. The molecule has 0 fully saturated rings. The van der Waals surface area contributed by atoms with E-state index in [1.807, 2.05) is 13.8 Å². The second-order valence-electron chi connectivity index (χ2n) is 4.31. The van der Waals surface area contributed by atoms with E-state index in [-0.39, 0.29) is 11.5 Å². The summed E-state index contributed by atoms with van der Waals surface area (Å²) < 4.78 is 5.20. The van der Waals surface area contributed by atoms with Crippen LogP contribution in [-0.2, 0) is 9.59 Å². The maximum atomic E-state index is 11.1. The average molecular weight is 264 g/mol. The van der Waals surface area contributed by atoms with Crippen LogP contribution in [0.5, 0.6) is 5.75 Å². The van der Waals surface area contributed by atoms with Gasteiger partial charge in [-0.3, -0.25) is 0 Å². The molecule has 0 aromatic heterocycles. The molecule has 0 aliphatic carbocycles. The molecule has 0 saturated carbocycles. The molecule has 0 saturated heterocycles. The summed E-state index contributed by atoms with van der Waals surface area (Å²) in [5.74, 6) is -1.78. The first kappa shape index (κ1) is 14.8. The van der Waals surface area contributed by atoms with Gasteiger partial charge in [-0.1, -0.05) is 19.9 Å². The average Bonchev–Trinajstić information content (AvgIpc) is 2.34. The van der Waals surface area contributed by atoms with Crippen LogP contribution < -0.4 is 4.74 Å². The topological polar surface area (TPSA) is 83.8 Å². The van der Waals surface area contributed by atoms with Crippen LogP contribution >= 0.6 is 0 Å². The highest BCUT2D eigenvalue weighted by Crippen LogP contribution is 2.29. The molecule has 0 atom stereocenters. The Balaban J connectivity index is 3.38. The monoisotopic (exact) mass is 264 g/mol. The molecule has 1 aromatic rings. The van der Waals surface area contributed by atoms with Crippen molar-refractivity contribution in [3.8, 4) is 5.75 Å². The van der Waals surface area contributed by atoms with Crippen molar-refractivity contribution in [1.29, 1.82) is 0 Å². The van der Waals surface area contributed by atoms with Gasteiger partial charge in [0.25, 0.3) is 0 Å². The number of hydrogen-bond acceptors (Lipinski definition) is 3. The minimum absolute atomic E-state index is 0.134. The van der Waals surface area contributed by atoms with Crippen LogP contribution in [0.3, 0.4) is 0 Å². The van der Waals surface area contributed by atoms with Crippen molar-refractivity contribution < 1.29 is 24.5 Å². The van der Waals surface area contributed by atoms with Crippen LogP contribution in [-0.4, -0.2) is 29.3 Å². The Hall–Kier alpha value is -2.30. The van der Waals surface area contributed by atoms with Crippen molar-refractivity contribution in [3.05, 3.63) is 35.4 Å². The fourth-order valence-corrected chi connectivity index (χ4v) is 1.75. The van der Waals surface area contributed by atoms with Crippen LogP contribution in [0.25, 0.3) is 5.57 Å². The van der Waals surface area contributed by atoms with Crippen LogP contribution in [0, 0.1) is 0 Å². The Kier molecular flexibility index (Phi) is 4.69. The molecule has 5 heteroatoms. The molecule has 0 heterocycles. The van der Waals surface area contributed by atoms with Crippen LogP contribution in [0.1, 0.15) is 30.9 Å². The lowest BCUT2D eigenvalue weighted by molar-refractivity contribution is -0.133. The molecule has 102 valence electrons. The smallest absolute Gasteiger partial charge is 0.336 e. The molecule has 0 spiro atoms. The number of carboxylic acid groups (broad SMARTS) is 2. The highest BCUT2D eigenvalue weighted by molar-refractivity contribution is 6.19. The van der Waals surface area contributed by atoms with Crippen LogP contribution in [0.2, 0.25) is 0 Å². The van der Waals surface area contributed by atoms with E-state index in [4.69, 9.17) is 14.9 Å². The zero-order chi connectivity index (χ0) is 14.6. The molecule has 19 heavy (non-hydrogen) atoms. The number of benzene rings is 1. The number of rotatable bonds is 5. The molecular weight excluding hydrogens is 248 g/mol. The van der Waals surface area contributed by atoms with Gasteiger partial charge in [-0.15, -0.1) is 0 Å². The molecule has 0 aliphatic heterocycles. The number of hydrogen-bond donors (Lipinski definition) is 2. The third-order valence-corrected chi connectivity index (χ3v) is 2.66. The van der Waals surface area contributed by atoms with Gasteiger partial charge in [0.05, 0.1) is 12.7 Å². The summed E-state index contributed by atoms with van der Waals surface area (Å²) >= 11 is 0. The minimum Gasteiger partial charge on any atom is -0.496 e. The third kappa shape index (κ3) is 3.58. The molecular formula is C14H16O5. The van der Waals surface area contributed by atoms with E-state index >= 15 is 0 Å². The Morgan fingerprint density at radius 1 is 1.26 bits per heavy atom. The maximum Gasteiger partial charge on any atom is 0.336 e. The highest BCUT2D eigenvalue weighted by atomic mass is 16.5. The number of carbonyl (C=O) groups is 2. The van der Waals surface area contributed by atoms with Crippen molar-refractivity contribution in [2.75, 3.05) is 7.11 Å². The van der Waals surface area contributed by atoms with Crippen molar-refractivity contribution in [2.45, 2.75) is 19.8 Å². The largest absolute Gasteiger partial charge is 0.496 e. The van der Waals surface area contributed by atoms with Gasteiger partial charge in [0.2, 0.25) is 0 Å². The van der Waals surface area contributed by atoms with Gasteiger partial charge in [-0.25, -0.2) is 9.59 Å². The summed E-state index contributed by atoms with van der Waals surface area (Å²) in [6.07, 6.45) is 0.689. The zero-order valence-corrected chi connectivity index (χ0v) is 11.0. The Labute approximate surface area is 111 Å². The van der Waals surface area contributed by atoms with Gasteiger partial charge in [-0.2, -0.15) is 0 Å². The number of ether oxygens (including phenoxy) is 1. The first-order valence-corrected chi connectivity index (χ1v) is 5.73. The Morgan fingerprint density at radius 3 is 2.32 bits per heavy atom. The fourth-order valence-electron chi connectivity index (χ4n) is 1.75. The molecule has 2 N–H and O–H groups in total. The number of carboxylic acids is 2. The Morgan fingerprint density at radius 2 is 1.89 bits per heavy atom. The maximum absolute atomic E-state index is 11.1. The first-order valence-electron chi connectivity index (χ1n) is 5.73. The summed E-state index contributed by atoms with van der Waals surface area (Å²) in [5, 5.41) is 17.8. The lowest BCUT2D eigenvalue weighted by Gasteiger charge is -2.13. The third-order valence-electron chi connectivity index (χ3n) is 2.66. The van der Waals surface area contributed by atoms with Gasteiger partial charge < -0.3 is 14.9 Å². The zero-order valence-electron chi connectivity index (χ0n) is 11.0. The lowest BCUT2D eigenvalue weighted by Crippen LogP contribution is -2.04. The van der Waals surface area contributed by atoms with Crippen molar-refractivity contribution in [2.24, 2.45) is 0 Å².